The zero-order valence-corrected chi connectivity index (χ0v) is 24.4. The fourth-order valence-corrected chi connectivity index (χ4v) is 6.19. The number of anilines is 2. The Kier molecular flexibility index (Phi) is 6.78. The number of aromatic nitrogens is 5. The Morgan fingerprint density at radius 2 is 1.89 bits per heavy atom. The van der Waals surface area contributed by atoms with Crippen molar-refractivity contribution in [2.75, 3.05) is 43.1 Å². The third-order valence-corrected chi connectivity index (χ3v) is 8.69. The van der Waals surface area contributed by atoms with Crippen LogP contribution in [0.15, 0.2) is 67.8 Å². The Morgan fingerprint density at radius 1 is 1.09 bits per heavy atom. The first-order valence-electron chi connectivity index (χ1n) is 14.5. The van der Waals surface area contributed by atoms with E-state index in [4.69, 9.17) is 4.74 Å². The lowest BCUT2D eigenvalue weighted by Crippen LogP contribution is -2.61. The van der Waals surface area contributed by atoms with Crippen LogP contribution in [0.2, 0.25) is 0 Å². The minimum Gasteiger partial charge on any atom is -0.370 e. The lowest BCUT2D eigenvalue weighted by Gasteiger charge is -2.48. The van der Waals surface area contributed by atoms with Crippen molar-refractivity contribution in [1.29, 1.82) is 5.26 Å². The van der Waals surface area contributed by atoms with E-state index in [1.807, 2.05) is 65.6 Å². The number of piperidine rings is 1. The van der Waals surface area contributed by atoms with Gasteiger partial charge in [0.1, 0.15) is 23.1 Å². The van der Waals surface area contributed by atoms with Gasteiger partial charge >= 0.3 is 0 Å². The zero-order chi connectivity index (χ0) is 30.4. The average Bonchev–Trinajstić information content (AvgIpc) is 3.69. The van der Waals surface area contributed by atoms with Crippen LogP contribution < -0.4 is 9.80 Å². The molecule has 2 fully saturated rings. The molecule has 224 valence electrons. The summed E-state index contributed by atoms with van der Waals surface area (Å²) in [6, 6.07) is 7.76. The summed E-state index contributed by atoms with van der Waals surface area (Å²) in [5, 5.41) is 14.8. The average molecular weight is 595 g/mol. The number of carbonyl (C=O) groups excluding carboxylic acids is 1. The number of nitriles is 1. The van der Waals surface area contributed by atoms with Crippen LogP contribution in [0.3, 0.4) is 0 Å². The Morgan fingerprint density at radius 3 is 2.57 bits per heavy atom. The van der Waals surface area contributed by atoms with Crippen molar-refractivity contribution in [3.8, 4) is 11.9 Å². The van der Waals surface area contributed by atoms with Crippen molar-refractivity contribution in [2.45, 2.75) is 31.4 Å². The Balaban J connectivity index is 1.09. The van der Waals surface area contributed by atoms with Gasteiger partial charge in [-0.3, -0.25) is 4.79 Å². The SMILES string of the molecule is C[C@@H](c1ccc(-n2cc(F)cn2)nc1)N1CCOC2(CCN(c3c(C#N)cnc4[nH]c(N5C=CN(C)C=C5)cc34)CC2)C1=O. The number of rotatable bonds is 5. The van der Waals surface area contributed by atoms with Crippen LogP contribution in [0, 0.1) is 17.1 Å². The number of nitrogens with zero attached hydrogens (tertiary/aromatic N) is 9. The topological polar surface area (TPSA) is 122 Å². The zero-order valence-electron chi connectivity index (χ0n) is 24.4. The van der Waals surface area contributed by atoms with E-state index in [1.165, 1.54) is 10.9 Å². The molecule has 44 heavy (non-hydrogen) atoms. The lowest BCUT2D eigenvalue weighted by atomic mass is 9.87. The molecule has 0 aliphatic carbocycles. The highest BCUT2D eigenvalue weighted by atomic mass is 19.1. The van der Waals surface area contributed by atoms with Gasteiger partial charge in [-0.1, -0.05) is 6.07 Å². The summed E-state index contributed by atoms with van der Waals surface area (Å²) < 4.78 is 21.0. The maximum absolute atomic E-state index is 14.0. The van der Waals surface area contributed by atoms with E-state index < -0.39 is 11.4 Å². The Bertz CT molecular complexity index is 1800. The Labute approximate surface area is 253 Å². The predicted molar refractivity (Wildman–Crippen MR) is 161 cm³/mol. The van der Waals surface area contributed by atoms with Crippen LogP contribution in [-0.2, 0) is 9.53 Å². The van der Waals surface area contributed by atoms with Gasteiger partial charge in [0.25, 0.3) is 5.91 Å². The molecule has 1 N–H and O–H groups in total. The smallest absolute Gasteiger partial charge is 0.255 e. The van der Waals surface area contributed by atoms with Crippen molar-refractivity contribution in [3.63, 3.8) is 0 Å². The minimum absolute atomic E-state index is 0.0351. The largest absolute Gasteiger partial charge is 0.370 e. The third-order valence-electron chi connectivity index (χ3n) is 8.69. The molecule has 2 saturated heterocycles. The maximum Gasteiger partial charge on any atom is 0.255 e. The highest BCUT2D eigenvalue weighted by Gasteiger charge is 2.48. The van der Waals surface area contributed by atoms with E-state index in [1.54, 1.807) is 18.5 Å². The first-order chi connectivity index (χ1) is 21.3. The number of hydrogen-bond donors (Lipinski definition) is 1. The molecule has 13 heteroatoms. The maximum atomic E-state index is 14.0. The van der Waals surface area contributed by atoms with Gasteiger partial charge in [-0.25, -0.2) is 19.0 Å². The number of ether oxygens (including phenoxy) is 1. The van der Waals surface area contributed by atoms with Gasteiger partial charge in [-0.05, 0) is 24.6 Å². The monoisotopic (exact) mass is 594 g/mol. The van der Waals surface area contributed by atoms with Crippen molar-refractivity contribution in [3.05, 3.63) is 84.7 Å². The number of fused-ring (bicyclic) bond motifs is 1. The van der Waals surface area contributed by atoms with E-state index in [2.05, 4.69) is 31.0 Å². The molecule has 3 aliphatic heterocycles. The van der Waals surface area contributed by atoms with Crippen molar-refractivity contribution < 1.29 is 13.9 Å². The summed E-state index contributed by atoms with van der Waals surface area (Å²) in [5.74, 6) is 0.866. The van der Waals surface area contributed by atoms with E-state index in [0.717, 1.165) is 28.7 Å². The van der Waals surface area contributed by atoms with Gasteiger partial charge in [0.15, 0.2) is 11.6 Å². The summed E-state index contributed by atoms with van der Waals surface area (Å²) in [6.45, 7) is 3.99. The van der Waals surface area contributed by atoms with Crippen LogP contribution in [-0.4, -0.2) is 79.3 Å². The Hall–Kier alpha value is -5.22. The molecule has 3 aliphatic rings. The number of morpholine rings is 1. The molecular formula is C31H31FN10O2. The molecule has 7 rings (SSSR count). The summed E-state index contributed by atoms with van der Waals surface area (Å²) >= 11 is 0. The molecule has 1 atom stereocenters. The fourth-order valence-electron chi connectivity index (χ4n) is 6.19. The third kappa shape index (κ3) is 4.73. The second-order valence-electron chi connectivity index (χ2n) is 11.3. The molecule has 0 unspecified atom stereocenters. The second-order valence-corrected chi connectivity index (χ2v) is 11.3. The summed E-state index contributed by atoms with van der Waals surface area (Å²) in [6.07, 6.45) is 14.5. The molecule has 1 spiro atoms. The van der Waals surface area contributed by atoms with Crippen molar-refractivity contribution >= 4 is 28.4 Å². The number of hydrogen-bond acceptors (Lipinski definition) is 9. The van der Waals surface area contributed by atoms with Gasteiger partial charge in [0.05, 0.1) is 36.3 Å². The first kappa shape index (κ1) is 27.6. The standard InChI is InChI=1S/C31H31FN10O2/c1-21(22-3-4-26(34-17-22)42-20-24(32)19-36-42)41-13-14-44-31(30(41)43)5-7-40(8-6-31)28-23(16-33)18-35-29-25(28)15-27(37-29)39-11-9-38(2)10-12-39/h3-4,9-12,15,17-21H,5-8,13-14H2,1-2H3,(H,35,37)/t21-/m0/s1. The lowest BCUT2D eigenvalue weighted by molar-refractivity contribution is -0.178. The number of H-pyrrole nitrogens is 1. The normalized spacial score (nSPS) is 18.8. The molecule has 0 saturated carbocycles. The molecule has 7 heterocycles. The quantitative estimate of drug-likeness (QED) is 0.368. The molecular weight excluding hydrogens is 563 g/mol. The molecule has 1 amide bonds. The molecule has 0 bridgehead atoms. The van der Waals surface area contributed by atoms with Crippen LogP contribution in [0.25, 0.3) is 16.9 Å². The van der Waals surface area contributed by atoms with E-state index in [9.17, 15) is 14.4 Å². The number of carbonyl (C=O) groups is 1. The molecule has 4 aromatic heterocycles. The van der Waals surface area contributed by atoms with Crippen LogP contribution >= 0.6 is 0 Å². The van der Waals surface area contributed by atoms with Gasteiger partial charge in [-0.2, -0.15) is 10.4 Å². The highest BCUT2D eigenvalue weighted by Crippen LogP contribution is 2.39. The van der Waals surface area contributed by atoms with Crippen LogP contribution in [0.4, 0.5) is 15.9 Å². The summed E-state index contributed by atoms with van der Waals surface area (Å²) in [5.41, 5.74) is 1.94. The highest BCUT2D eigenvalue weighted by molar-refractivity contribution is 5.96. The number of nitrogens with one attached hydrogen (secondary N) is 1. The number of amides is 1. The van der Waals surface area contributed by atoms with Gasteiger partial charge in [0, 0.05) is 82.1 Å². The van der Waals surface area contributed by atoms with Crippen molar-refractivity contribution in [2.24, 2.45) is 0 Å². The fraction of sp³-hybridized carbons (Fsp3) is 0.323. The molecule has 12 nitrogen and oxygen atoms in total. The van der Waals surface area contributed by atoms with Gasteiger partial charge in [0.2, 0.25) is 0 Å². The summed E-state index contributed by atoms with van der Waals surface area (Å²) in [4.78, 5) is 34.3. The van der Waals surface area contributed by atoms with Crippen LogP contribution in [0.5, 0.6) is 0 Å². The number of aromatic amines is 1. The van der Waals surface area contributed by atoms with Gasteiger partial charge < -0.3 is 29.3 Å². The van der Waals surface area contributed by atoms with Crippen LogP contribution in [0.1, 0.15) is 36.9 Å². The predicted octanol–water partition coefficient (Wildman–Crippen LogP) is 3.81. The number of halogens is 1. The van der Waals surface area contributed by atoms with E-state index >= 15 is 0 Å². The molecule has 0 radical (unpaired) electrons. The van der Waals surface area contributed by atoms with E-state index in [-0.39, 0.29) is 11.9 Å². The van der Waals surface area contributed by atoms with Crippen molar-refractivity contribution in [1.82, 2.24) is 34.5 Å². The van der Waals surface area contributed by atoms with Gasteiger partial charge in [-0.15, -0.1) is 0 Å². The summed E-state index contributed by atoms with van der Waals surface area (Å²) in [7, 11) is 1.96. The first-order valence-corrected chi connectivity index (χ1v) is 14.5. The minimum atomic E-state index is -0.930. The number of pyridine rings is 2. The molecule has 0 aromatic carbocycles. The van der Waals surface area contributed by atoms with E-state index in [0.29, 0.717) is 56.1 Å². The second kappa shape index (κ2) is 10.8. The molecule has 4 aromatic rings.